The third kappa shape index (κ3) is 3.64. The minimum atomic E-state index is -0.525. The number of nitrogens with two attached hydrogens (primary N) is 1. The third-order valence-electron chi connectivity index (χ3n) is 5.06. The lowest BCUT2D eigenvalue weighted by molar-refractivity contribution is 0.0501. The number of likely N-dealkylation sites (tertiary alicyclic amines) is 1. The van der Waals surface area contributed by atoms with Gasteiger partial charge in [0.05, 0.1) is 13.2 Å². The fraction of sp³-hybridized carbons (Fsp3) is 0.368. The number of hydrogen-bond acceptors (Lipinski definition) is 7. The Labute approximate surface area is 161 Å². The fourth-order valence-electron chi connectivity index (χ4n) is 3.51. The number of nitrogens with zero attached hydrogens (tertiary/aromatic N) is 4. The quantitative estimate of drug-likeness (QED) is 0.611. The normalized spacial score (nSPS) is 20.4. The Hall–Kier alpha value is -2.75. The van der Waals surface area contributed by atoms with Crippen molar-refractivity contribution in [1.82, 2.24) is 19.5 Å². The van der Waals surface area contributed by atoms with Crippen LogP contribution in [-0.2, 0) is 6.54 Å². The second-order valence-electron chi connectivity index (χ2n) is 6.97. The molecule has 1 fully saturated rings. The number of benzene rings is 1. The standard InChI is InChI=1S/C19H23FN6O2/c1-28-17-8-13(2-3-14(17)20)24-19-18-12(4-7-26(18)23-11-22-19)9-25-6-5-15(21)16(27)10-25/h2-4,7-8,11,15-16,27H,5-6,9-10,21H2,1H3,(H,22,23,24)/t15-,16-/m0/s1. The van der Waals surface area contributed by atoms with Gasteiger partial charge in [0.25, 0.3) is 0 Å². The van der Waals surface area contributed by atoms with E-state index in [0.29, 0.717) is 24.6 Å². The summed E-state index contributed by atoms with van der Waals surface area (Å²) in [7, 11) is 1.43. The Morgan fingerprint density at radius 3 is 3.04 bits per heavy atom. The number of ether oxygens (including phenoxy) is 1. The van der Waals surface area contributed by atoms with Crippen LogP contribution in [0.4, 0.5) is 15.9 Å². The molecule has 4 rings (SSSR count). The Kier molecular flexibility index (Phi) is 5.12. The van der Waals surface area contributed by atoms with Crippen molar-refractivity contribution in [3.63, 3.8) is 0 Å². The van der Waals surface area contributed by atoms with Crippen LogP contribution in [0.5, 0.6) is 5.75 Å². The monoisotopic (exact) mass is 386 g/mol. The van der Waals surface area contributed by atoms with Crippen molar-refractivity contribution in [2.24, 2.45) is 5.73 Å². The van der Waals surface area contributed by atoms with Crippen molar-refractivity contribution in [1.29, 1.82) is 0 Å². The van der Waals surface area contributed by atoms with Gasteiger partial charge in [-0.1, -0.05) is 0 Å². The molecule has 28 heavy (non-hydrogen) atoms. The van der Waals surface area contributed by atoms with Gasteiger partial charge in [0.2, 0.25) is 0 Å². The first-order chi connectivity index (χ1) is 13.5. The van der Waals surface area contributed by atoms with Crippen molar-refractivity contribution in [3.8, 4) is 5.75 Å². The number of fused-ring (bicyclic) bond motifs is 1. The molecule has 0 bridgehead atoms. The molecule has 1 saturated heterocycles. The summed E-state index contributed by atoms with van der Waals surface area (Å²) in [6, 6.07) is 6.37. The minimum absolute atomic E-state index is 0.157. The summed E-state index contributed by atoms with van der Waals surface area (Å²) in [5, 5.41) is 17.5. The van der Waals surface area contributed by atoms with Gasteiger partial charge in [-0.2, -0.15) is 5.10 Å². The van der Waals surface area contributed by atoms with Crippen molar-refractivity contribution in [3.05, 3.63) is 48.2 Å². The summed E-state index contributed by atoms with van der Waals surface area (Å²) in [6.45, 7) is 2.00. The maximum atomic E-state index is 13.7. The van der Waals surface area contributed by atoms with E-state index < -0.39 is 11.9 Å². The average Bonchev–Trinajstić information content (AvgIpc) is 3.10. The lowest BCUT2D eigenvalue weighted by Gasteiger charge is -2.33. The Balaban J connectivity index is 1.62. The molecule has 3 heterocycles. The van der Waals surface area contributed by atoms with Gasteiger partial charge in [-0.3, -0.25) is 4.90 Å². The van der Waals surface area contributed by atoms with Crippen molar-refractivity contribution < 1.29 is 14.2 Å². The van der Waals surface area contributed by atoms with Crippen molar-refractivity contribution in [2.75, 3.05) is 25.5 Å². The molecular weight excluding hydrogens is 363 g/mol. The van der Waals surface area contributed by atoms with Gasteiger partial charge in [-0.25, -0.2) is 13.9 Å². The van der Waals surface area contributed by atoms with Crippen LogP contribution in [0.1, 0.15) is 12.0 Å². The molecule has 3 aromatic rings. The second-order valence-corrected chi connectivity index (χ2v) is 6.97. The number of rotatable bonds is 5. The number of anilines is 2. The van der Waals surface area contributed by atoms with Gasteiger partial charge >= 0.3 is 0 Å². The van der Waals surface area contributed by atoms with Gasteiger partial charge in [-0.15, -0.1) is 0 Å². The Morgan fingerprint density at radius 1 is 1.39 bits per heavy atom. The van der Waals surface area contributed by atoms with Crippen LogP contribution >= 0.6 is 0 Å². The molecule has 9 heteroatoms. The van der Waals surface area contributed by atoms with Gasteiger partial charge in [0, 0.05) is 43.6 Å². The first kappa shape index (κ1) is 18.6. The number of hydrogen-bond donors (Lipinski definition) is 3. The molecule has 0 spiro atoms. The zero-order valence-corrected chi connectivity index (χ0v) is 15.5. The van der Waals surface area contributed by atoms with Crippen LogP contribution in [0.15, 0.2) is 36.8 Å². The predicted octanol–water partition coefficient (Wildman–Crippen LogP) is 1.51. The molecule has 2 aromatic heterocycles. The summed E-state index contributed by atoms with van der Waals surface area (Å²) in [5.74, 6) is 0.341. The van der Waals surface area contributed by atoms with Crippen LogP contribution in [0.2, 0.25) is 0 Å². The molecule has 148 valence electrons. The molecular formula is C19H23FN6O2. The average molecular weight is 386 g/mol. The number of nitrogens with one attached hydrogen (secondary N) is 1. The maximum Gasteiger partial charge on any atom is 0.165 e. The van der Waals surface area contributed by atoms with Gasteiger partial charge in [-0.05, 0) is 30.2 Å². The lowest BCUT2D eigenvalue weighted by Crippen LogP contribution is -2.50. The highest BCUT2D eigenvalue weighted by Gasteiger charge is 2.25. The zero-order chi connectivity index (χ0) is 19.7. The number of halogens is 1. The number of piperidine rings is 1. The highest BCUT2D eigenvalue weighted by Crippen LogP contribution is 2.27. The molecule has 0 amide bonds. The number of methoxy groups -OCH3 is 1. The molecule has 8 nitrogen and oxygen atoms in total. The number of aliphatic hydroxyl groups is 1. The van der Waals surface area contributed by atoms with E-state index in [4.69, 9.17) is 10.5 Å². The summed E-state index contributed by atoms with van der Waals surface area (Å²) < 4.78 is 20.5. The molecule has 1 aliphatic heterocycles. The van der Waals surface area contributed by atoms with Crippen molar-refractivity contribution in [2.45, 2.75) is 25.1 Å². The SMILES string of the molecule is COc1cc(Nc2ncnn3ccc(CN4CC[C@H](N)[C@@H](O)C4)c23)ccc1F. The predicted molar refractivity (Wildman–Crippen MR) is 103 cm³/mol. The molecule has 0 radical (unpaired) electrons. The maximum absolute atomic E-state index is 13.7. The highest BCUT2D eigenvalue weighted by atomic mass is 19.1. The van der Waals surface area contributed by atoms with E-state index in [2.05, 4.69) is 20.3 Å². The molecule has 4 N–H and O–H groups in total. The largest absolute Gasteiger partial charge is 0.494 e. The first-order valence-electron chi connectivity index (χ1n) is 9.13. The van der Waals surface area contributed by atoms with Crippen LogP contribution in [-0.4, -0.2) is 56.9 Å². The summed E-state index contributed by atoms with van der Waals surface area (Å²) in [4.78, 5) is 6.54. The Bertz CT molecular complexity index is 978. The molecule has 0 saturated carbocycles. The van der Waals surface area contributed by atoms with E-state index in [1.54, 1.807) is 16.6 Å². The lowest BCUT2D eigenvalue weighted by atomic mass is 10.0. The summed E-state index contributed by atoms with van der Waals surface area (Å²) >= 11 is 0. The van der Waals surface area contributed by atoms with Gasteiger partial charge < -0.3 is 20.9 Å². The van der Waals surface area contributed by atoms with Gasteiger partial charge in [0.1, 0.15) is 11.8 Å². The van der Waals surface area contributed by atoms with Crippen LogP contribution in [0.3, 0.4) is 0 Å². The van der Waals surface area contributed by atoms with Gasteiger partial charge in [0.15, 0.2) is 17.4 Å². The van der Waals surface area contributed by atoms with Crippen LogP contribution < -0.4 is 15.8 Å². The number of β-amino-alcohol motifs (C(OH)–C–C–N with tert-alkyl or cyclic N) is 1. The van der Waals surface area contributed by atoms with E-state index in [0.717, 1.165) is 24.0 Å². The first-order valence-corrected chi connectivity index (χ1v) is 9.13. The van der Waals surface area contributed by atoms with E-state index in [1.807, 2.05) is 12.3 Å². The van der Waals surface area contributed by atoms with E-state index in [-0.39, 0.29) is 11.8 Å². The highest BCUT2D eigenvalue weighted by molar-refractivity contribution is 5.76. The van der Waals surface area contributed by atoms with E-state index in [1.165, 1.54) is 19.5 Å². The van der Waals surface area contributed by atoms with Crippen molar-refractivity contribution >= 4 is 17.0 Å². The minimum Gasteiger partial charge on any atom is -0.494 e. The van der Waals surface area contributed by atoms with E-state index in [9.17, 15) is 9.50 Å². The third-order valence-corrected chi connectivity index (χ3v) is 5.06. The van der Waals surface area contributed by atoms with Crippen LogP contribution in [0, 0.1) is 5.82 Å². The summed E-state index contributed by atoms with van der Waals surface area (Å²) in [6.07, 6.45) is 3.56. The van der Waals surface area contributed by atoms with E-state index >= 15 is 0 Å². The zero-order valence-electron chi connectivity index (χ0n) is 15.5. The topological polar surface area (TPSA) is 101 Å². The number of aliphatic hydroxyl groups excluding tert-OH is 1. The summed E-state index contributed by atoms with van der Waals surface area (Å²) in [5.41, 5.74) is 8.42. The molecule has 1 aliphatic rings. The smallest absolute Gasteiger partial charge is 0.165 e. The molecule has 0 aliphatic carbocycles. The Morgan fingerprint density at radius 2 is 2.25 bits per heavy atom. The second kappa shape index (κ2) is 7.70. The molecule has 1 aromatic carbocycles. The van der Waals surface area contributed by atoms with Crippen LogP contribution in [0.25, 0.3) is 5.52 Å². The molecule has 2 atom stereocenters. The fourth-order valence-corrected chi connectivity index (χ4v) is 3.51. The number of aromatic nitrogens is 3. The molecule has 0 unspecified atom stereocenters.